The highest BCUT2D eigenvalue weighted by molar-refractivity contribution is 5.79. The van der Waals surface area contributed by atoms with Crippen LogP contribution in [0.1, 0.15) is 20.8 Å². The number of ether oxygens (including phenoxy) is 4. The van der Waals surface area contributed by atoms with Crippen molar-refractivity contribution in [2.24, 2.45) is 5.11 Å². The Balaban J connectivity index is 3.67. The SMILES string of the molecule is COC(=O)[C@@]1(O)OC([C@H](OC(C)=O)[C@@H](CO)OC(C)=O)[C@H](NC(C)=O)C(N=[N+]=[N-])[C@@H]1F. The lowest BCUT2D eigenvalue weighted by atomic mass is 9.85. The van der Waals surface area contributed by atoms with Crippen molar-refractivity contribution in [2.45, 2.75) is 63.1 Å². The van der Waals surface area contributed by atoms with Crippen LogP contribution >= 0.6 is 0 Å². The summed E-state index contributed by atoms with van der Waals surface area (Å²) in [6.07, 6.45) is -8.00. The number of azide groups is 1. The minimum atomic E-state index is -3.36. The predicted molar refractivity (Wildman–Crippen MR) is 95.5 cm³/mol. The first-order valence-electron chi connectivity index (χ1n) is 8.82. The molecule has 0 bridgehead atoms. The minimum absolute atomic E-state index is 0.776. The first-order chi connectivity index (χ1) is 14.4. The monoisotopic (exact) mass is 450 g/mol. The van der Waals surface area contributed by atoms with Crippen LogP contribution in [0, 0.1) is 0 Å². The zero-order valence-electron chi connectivity index (χ0n) is 17.1. The normalized spacial score (nSPS) is 29.5. The number of amides is 1. The zero-order chi connectivity index (χ0) is 23.9. The second-order valence-corrected chi connectivity index (χ2v) is 6.50. The van der Waals surface area contributed by atoms with Gasteiger partial charge in [0.25, 0.3) is 5.79 Å². The van der Waals surface area contributed by atoms with Gasteiger partial charge >= 0.3 is 17.9 Å². The molecule has 1 saturated heterocycles. The topological polar surface area (TPSA) is 206 Å². The van der Waals surface area contributed by atoms with Gasteiger partial charge in [-0.1, -0.05) is 5.11 Å². The molecule has 1 aliphatic heterocycles. The van der Waals surface area contributed by atoms with Gasteiger partial charge in [-0.3, -0.25) is 14.4 Å². The Kier molecular flexibility index (Phi) is 9.12. The second kappa shape index (κ2) is 10.9. The quantitative estimate of drug-likeness (QED) is 0.130. The second-order valence-electron chi connectivity index (χ2n) is 6.50. The number of esters is 3. The number of alkyl halides is 1. The van der Waals surface area contributed by atoms with Gasteiger partial charge in [0.15, 0.2) is 18.4 Å². The Morgan fingerprint density at radius 2 is 1.84 bits per heavy atom. The van der Waals surface area contributed by atoms with E-state index in [0.717, 1.165) is 27.9 Å². The molecule has 0 radical (unpaired) electrons. The van der Waals surface area contributed by atoms with Crippen molar-refractivity contribution >= 4 is 23.8 Å². The van der Waals surface area contributed by atoms with Gasteiger partial charge in [0.05, 0.1) is 25.8 Å². The minimum Gasteiger partial charge on any atom is -0.465 e. The highest BCUT2D eigenvalue weighted by Gasteiger charge is 2.62. The predicted octanol–water partition coefficient (Wildman–Crippen LogP) is -1.38. The third kappa shape index (κ3) is 6.01. The first kappa shape index (κ1) is 26.0. The number of rotatable bonds is 8. The highest BCUT2D eigenvalue weighted by Crippen LogP contribution is 2.36. The third-order valence-corrected chi connectivity index (χ3v) is 4.23. The lowest BCUT2D eigenvalue weighted by molar-refractivity contribution is -0.307. The van der Waals surface area contributed by atoms with Gasteiger partial charge in [-0.05, 0) is 5.53 Å². The summed E-state index contributed by atoms with van der Waals surface area (Å²) in [4.78, 5) is 49.3. The molecular weight excluding hydrogens is 427 g/mol. The number of aliphatic hydroxyl groups excluding tert-OH is 1. The summed E-state index contributed by atoms with van der Waals surface area (Å²) in [5.74, 6) is -7.66. The smallest absolute Gasteiger partial charge is 0.369 e. The van der Waals surface area contributed by atoms with E-state index < -0.39 is 72.8 Å². The largest absolute Gasteiger partial charge is 0.465 e. The Bertz CT molecular complexity index is 761. The van der Waals surface area contributed by atoms with Crippen LogP contribution in [0.4, 0.5) is 4.39 Å². The maximum atomic E-state index is 15.1. The first-order valence-corrected chi connectivity index (χ1v) is 8.82. The van der Waals surface area contributed by atoms with Gasteiger partial charge in [-0.15, -0.1) is 0 Å². The molecule has 3 N–H and O–H groups in total. The van der Waals surface area contributed by atoms with Crippen LogP contribution in [0.2, 0.25) is 0 Å². The average molecular weight is 450 g/mol. The summed E-state index contributed by atoms with van der Waals surface area (Å²) in [5, 5.41) is 25.6. The van der Waals surface area contributed by atoms with Crippen molar-refractivity contribution in [3.63, 3.8) is 0 Å². The molecule has 1 fully saturated rings. The van der Waals surface area contributed by atoms with Crippen LogP contribution in [-0.2, 0) is 38.1 Å². The number of methoxy groups -OCH3 is 1. The van der Waals surface area contributed by atoms with Gasteiger partial charge in [-0.25, -0.2) is 9.18 Å². The summed E-state index contributed by atoms with van der Waals surface area (Å²) < 4.78 is 34.6. The summed E-state index contributed by atoms with van der Waals surface area (Å²) in [7, 11) is 0.812. The van der Waals surface area contributed by atoms with Crippen molar-refractivity contribution in [1.29, 1.82) is 0 Å². The Morgan fingerprint density at radius 1 is 1.26 bits per heavy atom. The number of aliphatic hydroxyl groups is 2. The van der Waals surface area contributed by atoms with Crippen LogP contribution in [0.3, 0.4) is 0 Å². The van der Waals surface area contributed by atoms with Crippen molar-refractivity contribution in [1.82, 2.24) is 5.32 Å². The van der Waals surface area contributed by atoms with Gasteiger partial charge < -0.3 is 34.5 Å². The standard InChI is InChI=1S/C16H23FN4O10/c1-6(23)19-10-11(20-21-18)14(17)16(27,15(26)28-4)31-13(10)12(30-8(3)25)9(5-22)29-7(2)24/h9-14,22,27H,5H2,1-4H3,(H,19,23)/t9-,10-,11?,12-,13?,14+,16+/m1/s1. The van der Waals surface area contributed by atoms with E-state index >= 15 is 4.39 Å². The Labute approximate surface area is 175 Å². The Hall–Kier alpha value is -3.00. The van der Waals surface area contributed by atoms with E-state index in [-0.39, 0.29) is 0 Å². The molecule has 2 unspecified atom stereocenters. The molecule has 0 aromatic heterocycles. The number of hydrogen-bond acceptors (Lipinski definition) is 11. The summed E-state index contributed by atoms with van der Waals surface area (Å²) in [6.45, 7) is 2.01. The Morgan fingerprint density at radius 3 is 2.26 bits per heavy atom. The molecule has 7 atom stereocenters. The molecule has 174 valence electrons. The maximum Gasteiger partial charge on any atom is 0.369 e. The molecule has 15 heteroatoms. The van der Waals surface area contributed by atoms with Crippen LogP contribution in [0.15, 0.2) is 5.11 Å². The number of nitrogens with zero attached hydrogens (tertiary/aromatic N) is 3. The van der Waals surface area contributed by atoms with Crippen LogP contribution in [0.25, 0.3) is 10.4 Å². The molecule has 0 aliphatic carbocycles. The fourth-order valence-electron chi connectivity index (χ4n) is 3.09. The van der Waals surface area contributed by atoms with Crippen LogP contribution in [-0.4, -0.2) is 90.1 Å². The number of halogens is 1. The molecule has 14 nitrogen and oxygen atoms in total. The van der Waals surface area contributed by atoms with E-state index in [2.05, 4.69) is 20.1 Å². The van der Waals surface area contributed by atoms with Crippen molar-refractivity contribution < 1.29 is 52.7 Å². The van der Waals surface area contributed by atoms with E-state index in [1.54, 1.807) is 0 Å². The highest BCUT2D eigenvalue weighted by atomic mass is 19.1. The number of hydrogen-bond donors (Lipinski definition) is 3. The molecule has 0 aromatic carbocycles. The third-order valence-electron chi connectivity index (χ3n) is 4.23. The molecule has 0 aromatic rings. The van der Waals surface area contributed by atoms with E-state index in [1.165, 1.54) is 0 Å². The van der Waals surface area contributed by atoms with Gasteiger partial charge in [0, 0.05) is 25.7 Å². The molecule has 1 rings (SSSR count). The molecular formula is C16H23FN4O10. The van der Waals surface area contributed by atoms with Gasteiger partial charge in [-0.2, -0.15) is 0 Å². The van der Waals surface area contributed by atoms with E-state index in [0.29, 0.717) is 0 Å². The van der Waals surface area contributed by atoms with Crippen molar-refractivity contribution in [2.75, 3.05) is 13.7 Å². The molecule has 31 heavy (non-hydrogen) atoms. The molecule has 1 heterocycles. The summed E-state index contributed by atoms with van der Waals surface area (Å²) in [6, 6.07) is -3.60. The number of carbonyl (C=O) groups excluding carboxylic acids is 4. The van der Waals surface area contributed by atoms with Crippen LogP contribution in [0.5, 0.6) is 0 Å². The van der Waals surface area contributed by atoms with Gasteiger partial charge in [0.2, 0.25) is 5.91 Å². The molecule has 1 amide bonds. The van der Waals surface area contributed by atoms with E-state index in [4.69, 9.17) is 19.7 Å². The fraction of sp³-hybridized carbons (Fsp3) is 0.750. The van der Waals surface area contributed by atoms with Crippen LogP contribution < -0.4 is 5.32 Å². The van der Waals surface area contributed by atoms with Crippen molar-refractivity contribution in [3.8, 4) is 0 Å². The summed E-state index contributed by atoms with van der Waals surface area (Å²) >= 11 is 0. The molecule has 1 aliphatic rings. The van der Waals surface area contributed by atoms with E-state index in [9.17, 15) is 29.4 Å². The lowest BCUT2D eigenvalue weighted by Gasteiger charge is -2.47. The summed E-state index contributed by atoms with van der Waals surface area (Å²) in [5.41, 5.74) is 8.84. The van der Waals surface area contributed by atoms with E-state index in [1.807, 2.05) is 0 Å². The fourth-order valence-corrected chi connectivity index (χ4v) is 3.09. The average Bonchev–Trinajstić information content (AvgIpc) is 2.68. The van der Waals surface area contributed by atoms with Crippen molar-refractivity contribution in [3.05, 3.63) is 10.4 Å². The molecule has 0 saturated carbocycles. The van der Waals surface area contributed by atoms with Gasteiger partial charge in [0.1, 0.15) is 6.10 Å². The number of nitrogens with one attached hydrogen (secondary N) is 1. The maximum absolute atomic E-state index is 15.1. The lowest BCUT2D eigenvalue weighted by Crippen LogP contribution is -2.72. The molecule has 0 spiro atoms. The number of carbonyl (C=O) groups is 4. The zero-order valence-corrected chi connectivity index (χ0v) is 17.1.